The minimum Gasteiger partial charge on any atom is -0.371 e. The molecule has 1 N–H and O–H groups in total. The van der Waals surface area contributed by atoms with Crippen LogP contribution in [-0.4, -0.2) is 19.6 Å². The molecule has 1 aliphatic heterocycles. The molecular formula is C15H23FN2. The quantitative estimate of drug-likeness (QED) is 0.882. The van der Waals surface area contributed by atoms with Gasteiger partial charge in [-0.15, -0.1) is 0 Å². The second kappa shape index (κ2) is 6.74. The number of nitrogens with one attached hydrogen (secondary N) is 1. The normalized spacial score (nSPS) is 16.7. The van der Waals surface area contributed by atoms with Crippen molar-refractivity contribution in [2.75, 3.05) is 24.5 Å². The zero-order valence-corrected chi connectivity index (χ0v) is 11.2. The van der Waals surface area contributed by atoms with Crippen LogP contribution < -0.4 is 10.2 Å². The Hall–Kier alpha value is -1.09. The van der Waals surface area contributed by atoms with Gasteiger partial charge in [-0.2, -0.15) is 0 Å². The molecule has 0 bridgehead atoms. The molecule has 3 heteroatoms. The molecule has 0 radical (unpaired) electrons. The highest BCUT2D eigenvalue weighted by atomic mass is 19.1. The fourth-order valence-electron chi connectivity index (χ4n) is 2.58. The van der Waals surface area contributed by atoms with Gasteiger partial charge in [0.05, 0.1) is 0 Å². The van der Waals surface area contributed by atoms with Crippen molar-refractivity contribution in [3.63, 3.8) is 0 Å². The summed E-state index contributed by atoms with van der Waals surface area (Å²) >= 11 is 0. The highest BCUT2D eigenvalue weighted by Crippen LogP contribution is 2.24. The summed E-state index contributed by atoms with van der Waals surface area (Å²) in [7, 11) is 0. The summed E-state index contributed by atoms with van der Waals surface area (Å²) in [5, 5.41) is 3.29. The molecule has 0 aliphatic carbocycles. The Balaban J connectivity index is 2.18. The monoisotopic (exact) mass is 250 g/mol. The number of halogens is 1. The van der Waals surface area contributed by atoms with Crippen LogP contribution in [-0.2, 0) is 6.54 Å². The summed E-state index contributed by atoms with van der Waals surface area (Å²) in [5.41, 5.74) is 2.29. The Kier molecular flexibility index (Phi) is 5.00. The predicted octanol–water partition coefficient (Wildman–Crippen LogP) is 3.32. The topological polar surface area (TPSA) is 15.3 Å². The Labute approximate surface area is 109 Å². The van der Waals surface area contributed by atoms with Gasteiger partial charge in [-0.1, -0.05) is 19.8 Å². The Morgan fingerprint density at radius 2 is 1.89 bits per heavy atom. The van der Waals surface area contributed by atoms with Gasteiger partial charge < -0.3 is 10.2 Å². The number of nitrogens with zero attached hydrogens (tertiary/aromatic N) is 1. The minimum atomic E-state index is -0.138. The van der Waals surface area contributed by atoms with Crippen molar-refractivity contribution < 1.29 is 4.39 Å². The van der Waals surface area contributed by atoms with E-state index in [4.69, 9.17) is 0 Å². The van der Waals surface area contributed by atoms with Crippen molar-refractivity contribution in [3.8, 4) is 0 Å². The van der Waals surface area contributed by atoms with E-state index in [0.717, 1.165) is 31.7 Å². The summed E-state index contributed by atoms with van der Waals surface area (Å²) in [4.78, 5) is 2.42. The zero-order valence-electron chi connectivity index (χ0n) is 11.2. The minimum absolute atomic E-state index is 0.138. The summed E-state index contributed by atoms with van der Waals surface area (Å²) in [6.45, 7) is 5.94. The smallest absolute Gasteiger partial charge is 0.123 e. The van der Waals surface area contributed by atoms with Crippen LogP contribution in [0.2, 0.25) is 0 Å². The molecule has 1 aromatic carbocycles. The van der Waals surface area contributed by atoms with Crippen molar-refractivity contribution in [2.45, 2.75) is 39.2 Å². The van der Waals surface area contributed by atoms with E-state index in [9.17, 15) is 4.39 Å². The van der Waals surface area contributed by atoms with Gasteiger partial charge in [0.25, 0.3) is 0 Å². The van der Waals surface area contributed by atoms with E-state index in [1.807, 2.05) is 6.07 Å². The molecule has 0 saturated carbocycles. The number of hydrogen-bond acceptors (Lipinski definition) is 2. The second-order valence-corrected chi connectivity index (χ2v) is 4.95. The number of benzene rings is 1. The average Bonchev–Trinajstić information content (AvgIpc) is 2.65. The van der Waals surface area contributed by atoms with Crippen LogP contribution in [0.5, 0.6) is 0 Å². The van der Waals surface area contributed by atoms with Crippen LogP contribution in [0.1, 0.15) is 38.2 Å². The molecule has 0 unspecified atom stereocenters. The molecule has 1 heterocycles. The van der Waals surface area contributed by atoms with E-state index in [0.29, 0.717) is 0 Å². The molecule has 1 aliphatic rings. The molecule has 0 atom stereocenters. The lowest BCUT2D eigenvalue weighted by Crippen LogP contribution is -2.26. The van der Waals surface area contributed by atoms with Crippen LogP contribution in [0.3, 0.4) is 0 Å². The van der Waals surface area contributed by atoms with Crippen LogP contribution in [0, 0.1) is 5.82 Å². The summed E-state index contributed by atoms with van der Waals surface area (Å²) in [6, 6.07) is 5.19. The van der Waals surface area contributed by atoms with E-state index in [-0.39, 0.29) is 5.82 Å². The van der Waals surface area contributed by atoms with Gasteiger partial charge in [0, 0.05) is 25.3 Å². The molecule has 0 amide bonds. The van der Waals surface area contributed by atoms with Crippen LogP contribution in [0.25, 0.3) is 0 Å². The number of rotatable bonds is 4. The maximum atomic E-state index is 13.4. The fourth-order valence-corrected chi connectivity index (χ4v) is 2.58. The first-order valence-electron chi connectivity index (χ1n) is 7.05. The standard InChI is InChI=1S/C15H23FN2/c1-2-17-12-13-11-14(16)7-8-15(13)18-9-5-3-4-6-10-18/h7-8,11,17H,2-6,9-10,12H2,1H3. The fraction of sp³-hybridized carbons (Fsp3) is 0.600. The number of hydrogen-bond donors (Lipinski definition) is 1. The maximum absolute atomic E-state index is 13.4. The van der Waals surface area contributed by atoms with Crippen molar-refractivity contribution in [1.29, 1.82) is 0 Å². The van der Waals surface area contributed by atoms with E-state index >= 15 is 0 Å². The summed E-state index contributed by atoms with van der Waals surface area (Å²) in [5.74, 6) is -0.138. The molecule has 1 saturated heterocycles. The molecule has 0 spiro atoms. The lowest BCUT2D eigenvalue weighted by Gasteiger charge is -2.25. The lowest BCUT2D eigenvalue weighted by atomic mass is 10.1. The van der Waals surface area contributed by atoms with Gasteiger partial charge in [-0.25, -0.2) is 4.39 Å². The molecular weight excluding hydrogens is 227 g/mol. The average molecular weight is 250 g/mol. The third-order valence-electron chi connectivity index (χ3n) is 3.55. The summed E-state index contributed by atoms with van der Waals surface area (Å²) in [6.07, 6.45) is 5.14. The first-order valence-corrected chi connectivity index (χ1v) is 7.05. The molecule has 2 rings (SSSR count). The first kappa shape index (κ1) is 13.3. The molecule has 100 valence electrons. The van der Waals surface area contributed by atoms with Gasteiger partial charge in [0.2, 0.25) is 0 Å². The van der Waals surface area contributed by atoms with Crippen molar-refractivity contribution in [3.05, 3.63) is 29.6 Å². The second-order valence-electron chi connectivity index (χ2n) is 4.95. The molecule has 18 heavy (non-hydrogen) atoms. The molecule has 0 aromatic heterocycles. The van der Waals surface area contributed by atoms with Crippen LogP contribution >= 0.6 is 0 Å². The van der Waals surface area contributed by atoms with Gasteiger partial charge in [0.15, 0.2) is 0 Å². The van der Waals surface area contributed by atoms with Crippen molar-refractivity contribution >= 4 is 5.69 Å². The van der Waals surface area contributed by atoms with Crippen LogP contribution in [0.4, 0.5) is 10.1 Å². The number of anilines is 1. The molecule has 2 nitrogen and oxygen atoms in total. The van der Waals surface area contributed by atoms with E-state index in [1.165, 1.54) is 31.4 Å². The molecule has 1 fully saturated rings. The zero-order chi connectivity index (χ0) is 12.8. The maximum Gasteiger partial charge on any atom is 0.123 e. The van der Waals surface area contributed by atoms with Crippen molar-refractivity contribution in [1.82, 2.24) is 5.32 Å². The highest BCUT2D eigenvalue weighted by Gasteiger charge is 2.13. The predicted molar refractivity (Wildman–Crippen MR) is 74.5 cm³/mol. The third-order valence-corrected chi connectivity index (χ3v) is 3.55. The van der Waals surface area contributed by atoms with E-state index < -0.39 is 0 Å². The van der Waals surface area contributed by atoms with E-state index in [2.05, 4.69) is 17.1 Å². The van der Waals surface area contributed by atoms with Gasteiger partial charge in [-0.3, -0.25) is 0 Å². The SMILES string of the molecule is CCNCc1cc(F)ccc1N1CCCCCC1. The summed E-state index contributed by atoms with van der Waals surface area (Å²) < 4.78 is 13.4. The van der Waals surface area contributed by atoms with Gasteiger partial charge in [0.1, 0.15) is 5.82 Å². The highest BCUT2D eigenvalue weighted by molar-refractivity contribution is 5.54. The first-order chi connectivity index (χ1) is 8.81. The lowest BCUT2D eigenvalue weighted by molar-refractivity contribution is 0.620. The largest absolute Gasteiger partial charge is 0.371 e. The Morgan fingerprint density at radius 1 is 1.17 bits per heavy atom. The third kappa shape index (κ3) is 3.45. The van der Waals surface area contributed by atoms with Gasteiger partial charge in [-0.05, 0) is 43.1 Å². The van der Waals surface area contributed by atoms with Crippen molar-refractivity contribution in [2.24, 2.45) is 0 Å². The van der Waals surface area contributed by atoms with Gasteiger partial charge >= 0.3 is 0 Å². The Morgan fingerprint density at radius 3 is 2.56 bits per heavy atom. The van der Waals surface area contributed by atoms with Crippen LogP contribution in [0.15, 0.2) is 18.2 Å². The van der Waals surface area contributed by atoms with E-state index in [1.54, 1.807) is 12.1 Å². The Bertz CT molecular complexity index is 371. The molecule has 1 aromatic rings.